The average Bonchev–Trinajstić information content (AvgIpc) is 2.31. The Balaban J connectivity index is 4.06. The topological polar surface area (TPSA) is 136 Å². The molecule has 3 unspecified atom stereocenters. The summed E-state index contributed by atoms with van der Waals surface area (Å²) in [6, 6.07) is -1.12. The highest BCUT2D eigenvalue weighted by atomic mass is 16.4. The summed E-state index contributed by atoms with van der Waals surface area (Å²) in [6.07, 6.45) is -1.98. The number of amides is 2. The molecule has 0 saturated heterocycles. The van der Waals surface area contributed by atoms with E-state index in [0.29, 0.717) is 6.42 Å². The Hall–Kier alpha value is -1.67. The Labute approximate surface area is 110 Å². The number of nitrogens with one attached hydrogen (secondary N) is 2. The molecule has 19 heavy (non-hydrogen) atoms. The minimum atomic E-state index is -1.28. The molecule has 3 atom stereocenters. The van der Waals surface area contributed by atoms with Crippen LogP contribution in [0.5, 0.6) is 0 Å². The number of aliphatic carboxylic acids is 1. The normalized spacial score (nSPS) is 15.2. The Bertz CT molecular complexity index is 329. The third-order valence-electron chi connectivity index (χ3n) is 2.34. The van der Waals surface area contributed by atoms with Gasteiger partial charge in [-0.25, -0.2) is 4.79 Å². The summed E-state index contributed by atoms with van der Waals surface area (Å²) in [5, 5.41) is 31.3. The van der Waals surface area contributed by atoms with Crippen LogP contribution in [-0.4, -0.2) is 57.9 Å². The number of hydrogen-bond acceptors (Lipinski definition) is 5. The summed E-state index contributed by atoms with van der Waals surface area (Å²) >= 11 is 0. The van der Waals surface area contributed by atoms with Gasteiger partial charge in [-0.3, -0.25) is 9.59 Å². The molecule has 0 heterocycles. The van der Waals surface area contributed by atoms with Gasteiger partial charge in [0.25, 0.3) is 0 Å². The molecule has 0 fully saturated rings. The molecule has 0 aliphatic carbocycles. The number of carboxylic acid groups (broad SMARTS) is 1. The second kappa shape index (κ2) is 8.44. The maximum absolute atomic E-state index is 11.2. The zero-order valence-electron chi connectivity index (χ0n) is 10.9. The molecule has 5 N–H and O–H groups in total. The standard InChI is InChI=1S/C11H20N2O6/c1-6(14)9(16)12-5-3-4-8(11(18)19)13-10(17)7(2)15/h6-8,14-15H,3-5H2,1-2H3,(H,12,16)(H,13,17)(H,18,19). The van der Waals surface area contributed by atoms with Crippen LogP contribution in [0.15, 0.2) is 0 Å². The van der Waals surface area contributed by atoms with E-state index in [1.54, 1.807) is 0 Å². The van der Waals surface area contributed by atoms with Crippen molar-refractivity contribution >= 4 is 17.8 Å². The van der Waals surface area contributed by atoms with E-state index in [-0.39, 0.29) is 13.0 Å². The van der Waals surface area contributed by atoms with Crippen molar-refractivity contribution in [3.8, 4) is 0 Å². The van der Waals surface area contributed by atoms with Crippen LogP contribution < -0.4 is 10.6 Å². The van der Waals surface area contributed by atoms with Crippen LogP contribution in [-0.2, 0) is 14.4 Å². The van der Waals surface area contributed by atoms with Gasteiger partial charge in [-0.05, 0) is 26.7 Å². The van der Waals surface area contributed by atoms with Gasteiger partial charge in [0.05, 0.1) is 0 Å². The van der Waals surface area contributed by atoms with Gasteiger partial charge in [0.2, 0.25) is 11.8 Å². The smallest absolute Gasteiger partial charge is 0.326 e. The van der Waals surface area contributed by atoms with E-state index in [9.17, 15) is 14.4 Å². The first kappa shape index (κ1) is 17.3. The lowest BCUT2D eigenvalue weighted by molar-refractivity contribution is -0.143. The molecule has 2 amide bonds. The molecule has 0 aromatic rings. The third-order valence-corrected chi connectivity index (χ3v) is 2.34. The number of carbonyl (C=O) groups is 3. The first-order valence-corrected chi connectivity index (χ1v) is 5.92. The lowest BCUT2D eigenvalue weighted by atomic mass is 10.1. The molecule has 8 nitrogen and oxygen atoms in total. The Morgan fingerprint density at radius 3 is 2.00 bits per heavy atom. The second-order valence-electron chi connectivity index (χ2n) is 4.18. The van der Waals surface area contributed by atoms with Gasteiger partial charge in [-0.2, -0.15) is 0 Å². The van der Waals surface area contributed by atoms with Crippen molar-refractivity contribution in [3.05, 3.63) is 0 Å². The minimum Gasteiger partial charge on any atom is -0.480 e. The van der Waals surface area contributed by atoms with Gasteiger partial charge >= 0.3 is 5.97 Å². The van der Waals surface area contributed by atoms with Gasteiger partial charge in [-0.15, -0.1) is 0 Å². The highest BCUT2D eigenvalue weighted by Crippen LogP contribution is 1.98. The van der Waals surface area contributed by atoms with Crippen molar-refractivity contribution in [1.29, 1.82) is 0 Å². The molecule has 0 aromatic heterocycles. The lowest BCUT2D eigenvalue weighted by Crippen LogP contribution is -2.45. The van der Waals surface area contributed by atoms with Crippen molar-refractivity contribution in [3.63, 3.8) is 0 Å². The first-order chi connectivity index (χ1) is 8.75. The van der Waals surface area contributed by atoms with E-state index in [1.807, 2.05) is 0 Å². The van der Waals surface area contributed by atoms with Crippen LogP contribution in [0, 0.1) is 0 Å². The third kappa shape index (κ3) is 7.37. The number of carbonyl (C=O) groups excluding carboxylic acids is 2. The Kier molecular flexibility index (Phi) is 7.69. The van der Waals surface area contributed by atoms with E-state index < -0.39 is 36.0 Å². The summed E-state index contributed by atoms with van der Waals surface area (Å²) < 4.78 is 0. The van der Waals surface area contributed by atoms with E-state index in [1.165, 1.54) is 13.8 Å². The van der Waals surface area contributed by atoms with Gasteiger partial charge < -0.3 is 26.0 Å². The predicted octanol–water partition coefficient (Wildman–Crippen LogP) is -1.79. The Morgan fingerprint density at radius 1 is 1.05 bits per heavy atom. The SMILES string of the molecule is CC(O)C(=O)NCCCC(NC(=O)C(C)O)C(=O)O. The second-order valence-corrected chi connectivity index (χ2v) is 4.18. The molecule has 0 bridgehead atoms. The number of hydrogen-bond donors (Lipinski definition) is 5. The average molecular weight is 276 g/mol. The molecule has 0 radical (unpaired) electrons. The highest BCUT2D eigenvalue weighted by molar-refractivity contribution is 5.85. The monoisotopic (exact) mass is 276 g/mol. The molecular weight excluding hydrogens is 256 g/mol. The maximum Gasteiger partial charge on any atom is 0.326 e. The largest absolute Gasteiger partial charge is 0.480 e. The van der Waals surface area contributed by atoms with E-state index >= 15 is 0 Å². The molecule has 8 heteroatoms. The van der Waals surface area contributed by atoms with Gasteiger partial charge in [-0.1, -0.05) is 0 Å². The van der Waals surface area contributed by atoms with Crippen LogP contribution >= 0.6 is 0 Å². The van der Waals surface area contributed by atoms with Crippen molar-refractivity contribution in [2.45, 2.75) is 44.9 Å². The zero-order chi connectivity index (χ0) is 15.0. The van der Waals surface area contributed by atoms with E-state index in [4.69, 9.17) is 15.3 Å². The fourth-order valence-electron chi connectivity index (χ4n) is 1.22. The van der Waals surface area contributed by atoms with Gasteiger partial charge in [0, 0.05) is 6.54 Å². The molecule has 110 valence electrons. The van der Waals surface area contributed by atoms with Crippen LogP contribution in [0.25, 0.3) is 0 Å². The molecular formula is C11H20N2O6. The summed E-state index contributed by atoms with van der Waals surface area (Å²) in [7, 11) is 0. The molecule has 0 aliphatic heterocycles. The van der Waals surface area contributed by atoms with Crippen molar-refractivity contribution in [2.24, 2.45) is 0 Å². The van der Waals surface area contributed by atoms with Crippen LogP contribution in [0.3, 0.4) is 0 Å². The molecule has 0 aliphatic rings. The summed E-state index contributed by atoms with van der Waals surface area (Å²) in [4.78, 5) is 33.0. The number of carboxylic acids is 1. The quantitative estimate of drug-likeness (QED) is 0.332. The maximum atomic E-state index is 11.2. The first-order valence-electron chi connectivity index (χ1n) is 5.92. The minimum absolute atomic E-state index is 0.105. The number of aliphatic hydroxyl groups excluding tert-OH is 2. The van der Waals surface area contributed by atoms with E-state index in [0.717, 1.165) is 0 Å². The van der Waals surface area contributed by atoms with Crippen LogP contribution in [0.1, 0.15) is 26.7 Å². The summed E-state index contributed by atoms with van der Waals surface area (Å²) in [5.41, 5.74) is 0. The molecule has 0 spiro atoms. The van der Waals surface area contributed by atoms with Crippen LogP contribution in [0.2, 0.25) is 0 Å². The van der Waals surface area contributed by atoms with Crippen molar-refractivity contribution in [1.82, 2.24) is 10.6 Å². The molecule has 0 rings (SSSR count). The van der Waals surface area contributed by atoms with Crippen LogP contribution in [0.4, 0.5) is 0 Å². The van der Waals surface area contributed by atoms with Gasteiger partial charge in [0.1, 0.15) is 18.2 Å². The molecule has 0 aromatic carbocycles. The fraction of sp³-hybridized carbons (Fsp3) is 0.727. The Morgan fingerprint density at radius 2 is 1.58 bits per heavy atom. The number of rotatable bonds is 8. The highest BCUT2D eigenvalue weighted by Gasteiger charge is 2.21. The zero-order valence-corrected chi connectivity index (χ0v) is 10.9. The summed E-state index contributed by atoms with van der Waals surface area (Å²) in [5.74, 6) is -2.52. The van der Waals surface area contributed by atoms with Crippen molar-refractivity contribution in [2.75, 3.05) is 6.54 Å². The predicted molar refractivity (Wildman–Crippen MR) is 65.2 cm³/mol. The van der Waals surface area contributed by atoms with Crippen molar-refractivity contribution < 1.29 is 29.7 Å². The lowest BCUT2D eigenvalue weighted by Gasteiger charge is -2.15. The fourth-order valence-corrected chi connectivity index (χ4v) is 1.22. The van der Waals surface area contributed by atoms with E-state index in [2.05, 4.69) is 10.6 Å². The van der Waals surface area contributed by atoms with Gasteiger partial charge in [0.15, 0.2) is 0 Å². The molecule has 0 saturated carbocycles. The summed E-state index contributed by atoms with van der Waals surface area (Å²) in [6.45, 7) is 2.74. The number of aliphatic hydroxyl groups is 2.